The van der Waals surface area contributed by atoms with E-state index >= 15 is 0 Å². The Kier molecular flexibility index (Phi) is 6.69. The zero-order valence-corrected chi connectivity index (χ0v) is 18.2. The molecule has 1 saturated heterocycles. The van der Waals surface area contributed by atoms with Gasteiger partial charge < -0.3 is 24.0 Å². The molecule has 1 aliphatic rings. The van der Waals surface area contributed by atoms with Gasteiger partial charge in [-0.15, -0.1) is 0 Å². The van der Waals surface area contributed by atoms with Crippen molar-refractivity contribution in [1.82, 2.24) is 14.9 Å². The summed E-state index contributed by atoms with van der Waals surface area (Å²) in [5.74, 6) is 3.92. The molecule has 1 fully saturated rings. The van der Waals surface area contributed by atoms with Crippen LogP contribution >= 0.6 is 0 Å². The molecule has 1 amide bonds. The minimum Gasteiger partial charge on any atom is -0.497 e. The molecule has 0 bridgehead atoms. The van der Waals surface area contributed by atoms with Crippen LogP contribution in [-0.4, -0.2) is 60.7 Å². The standard InChI is InChI=1S/C24H26N4O4/c1-18-25-22(16-23(26-18)32-19-7-4-3-5-8-19)27-11-13-28(14-12-27)24(29)17-31-21-10-6-9-20(15-21)30-2/h3-10,15-16H,11-14,17H2,1-2H3. The van der Waals surface area contributed by atoms with Crippen molar-refractivity contribution >= 4 is 11.7 Å². The van der Waals surface area contributed by atoms with Gasteiger partial charge in [-0.3, -0.25) is 4.79 Å². The van der Waals surface area contributed by atoms with E-state index in [2.05, 4.69) is 14.9 Å². The van der Waals surface area contributed by atoms with E-state index in [1.807, 2.05) is 60.4 Å². The van der Waals surface area contributed by atoms with Crippen molar-refractivity contribution in [2.75, 3.05) is 44.8 Å². The number of nitrogens with zero attached hydrogens (tertiary/aromatic N) is 4. The maximum Gasteiger partial charge on any atom is 0.260 e. The lowest BCUT2D eigenvalue weighted by molar-refractivity contribution is -0.133. The molecule has 0 atom stereocenters. The number of piperazine rings is 1. The Bertz CT molecular complexity index is 1050. The van der Waals surface area contributed by atoms with E-state index in [0.717, 1.165) is 11.6 Å². The fourth-order valence-corrected chi connectivity index (χ4v) is 3.46. The number of amides is 1. The summed E-state index contributed by atoms with van der Waals surface area (Å²) in [6, 6.07) is 18.6. The summed E-state index contributed by atoms with van der Waals surface area (Å²) < 4.78 is 16.7. The summed E-state index contributed by atoms with van der Waals surface area (Å²) in [5, 5.41) is 0. The van der Waals surface area contributed by atoms with Gasteiger partial charge in [0.25, 0.3) is 5.91 Å². The van der Waals surface area contributed by atoms with Crippen molar-refractivity contribution in [1.29, 1.82) is 0 Å². The maximum atomic E-state index is 12.6. The zero-order chi connectivity index (χ0) is 22.3. The molecule has 0 saturated carbocycles. The Hall–Kier alpha value is -3.81. The van der Waals surface area contributed by atoms with Crippen LogP contribution in [0.1, 0.15) is 5.82 Å². The van der Waals surface area contributed by atoms with Gasteiger partial charge >= 0.3 is 0 Å². The van der Waals surface area contributed by atoms with E-state index in [1.54, 1.807) is 19.2 Å². The molecule has 4 rings (SSSR count). The smallest absolute Gasteiger partial charge is 0.260 e. The number of methoxy groups -OCH3 is 1. The minimum atomic E-state index is -0.0422. The van der Waals surface area contributed by atoms with Crippen LogP contribution in [0.5, 0.6) is 23.1 Å². The van der Waals surface area contributed by atoms with Crippen molar-refractivity contribution in [3.05, 3.63) is 66.5 Å². The van der Waals surface area contributed by atoms with E-state index in [4.69, 9.17) is 14.2 Å². The average molecular weight is 434 g/mol. The number of aromatic nitrogens is 2. The summed E-state index contributed by atoms with van der Waals surface area (Å²) in [6.45, 7) is 4.38. The summed E-state index contributed by atoms with van der Waals surface area (Å²) in [4.78, 5) is 25.5. The topological polar surface area (TPSA) is 77.0 Å². The summed E-state index contributed by atoms with van der Waals surface area (Å²) in [6.07, 6.45) is 0. The van der Waals surface area contributed by atoms with Gasteiger partial charge in [0.1, 0.15) is 28.9 Å². The molecule has 0 radical (unpaired) electrons. The molecule has 32 heavy (non-hydrogen) atoms. The van der Waals surface area contributed by atoms with Gasteiger partial charge in [-0.2, -0.15) is 4.98 Å². The van der Waals surface area contributed by atoms with Crippen molar-refractivity contribution in [3.63, 3.8) is 0 Å². The molecule has 1 aliphatic heterocycles. The predicted octanol–water partition coefficient (Wildman–Crippen LogP) is 3.31. The third-order valence-electron chi connectivity index (χ3n) is 5.13. The molecule has 166 valence electrons. The molecule has 8 nitrogen and oxygen atoms in total. The number of aryl methyl sites for hydroxylation is 1. The van der Waals surface area contributed by atoms with Crippen LogP contribution in [0.25, 0.3) is 0 Å². The molecule has 0 unspecified atom stereocenters. The number of ether oxygens (including phenoxy) is 3. The molecule has 2 heterocycles. The molecule has 1 aromatic heterocycles. The van der Waals surface area contributed by atoms with Crippen molar-refractivity contribution in [2.45, 2.75) is 6.92 Å². The number of hydrogen-bond acceptors (Lipinski definition) is 7. The summed E-state index contributed by atoms with van der Waals surface area (Å²) in [7, 11) is 1.60. The van der Waals surface area contributed by atoms with Crippen LogP contribution in [0.4, 0.5) is 5.82 Å². The molecule has 0 spiro atoms. The zero-order valence-electron chi connectivity index (χ0n) is 18.2. The summed E-state index contributed by atoms with van der Waals surface area (Å²) in [5.41, 5.74) is 0. The van der Waals surface area contributed by atoms with Gasteiger partial charge in [0.2, 0.25) is 5.88 Å². The predicted molar refractivity (Wildman–Crippen MR) is 121 cm³/mol. The molecule has 0 aliphatic carbocycles. The second kappa shape index (κ2) is 10.00. The van der Waals surface area contributed by atoms with Gasteiger partial charge in [-0.05, 0) is 31.2 Å². The van der Waals surface area contributed by atoms with Crippen LogP contribution in [0.3, 0.4) is 0 Å². The lowest BCUT2D eigenvalue weighted by Gasteiger charge is -2.35. The second-order valence-corrected chi connectivity index (χ2v) is 7.36. The summed E-state index contributed by atoms with van der Waals surface area (Å²) >= 11 is 0. The lowest BCUT2D eigenvalue weighted by atomic mass is 10.3. The Morgan fingerprint density at radius 1 is 0.906 bits per heavy atom. The van der Waals surface area contributed by atoms with Crippen molar-refractivity contribution in [2.24, 2.45) is 0 Å². The fraction of sp³-hybridized carbons (Fsp3) is 0.292. The number of benzene rings is 2. The quantitative estimate of drug-likeness (QED) is 0.565. The lowest BCUT2D eigenvalue weighted by Crippen LogP contribution is -2.50. The molecule has 0 N–H and O–H groups in total. The van der Waals surface area contributed by atoms with Gasteiger partial charge in [-0.25, -0.2) is 4.98 Å². The second-order valence-electron chi connectivity index (χ2n) is 7.36. The van der Waals surface area contributed by atoms with Crippen LogP contribution < -0.4 is 19.1 Å². The molecular formula is C24H26N4O4. The first kappa shape index (κ1) is 21.4. The monoisotopic (exact) mass is 434 g/mol. The van der Waals surface area contributed by atoms with Crippen LogP contribution in [0.2, 0.25) is 0 Å². The number of carbonyl (C=O) groups is 1. The number of rotatable bonds is 7. The van der Waals surface area contributed by atoms with Crippen LogP contribution in [0.15, 0.2) is 60.7 Å². The van der Waals surface area contributed by atoms with Crippen LogP contribution in [-0.2, 0) is 4.79 Å². The fourth-order valence-electron chi connectivity index (χ4n) is 3.46. The number of carbonyl (C=O) groups excluding carboxylic acids is 1. The third kappa shape index (κ3) is 5.46. The van der Waals surface area contributed by atoms with E-state index in [-0.39, 0.29) is 12.5 Å². The Morgan fingerprint density at radius 2 is 1.62 bits per heavy atom. The first-order valence-corrected chi connectivity index (χ1v) is 10.5. The first-order valence-electron chi connectivity index (χ1n) is 10.5. The highest BCUT2D eigenvalue weighted by atomic mass is 16.5. The van der Waals surface area contributed by atoms with E-state index < -0.39 is 0 Å². The number of para-hydroxylation sites is 1. The highest BCUT2D eigenvalue weighted by Crippen LogP contribution is 2.24. The SMILES string of the molecule is COc1cccc(OCC(=O)N2CCN(c3cc(Oc4ccccc4)nc(C)n3)CC2)c1. The van der Waals surface area contributed by atoms with Crippen molar-refractivity contribution < 1.29 is 19.0 Å². The highest BCUT2D eigenvalue weighted by Gasteiger charge is 2.23. The van der Waals surface area contributed by atoms with E-state index in [9.17, 15) is 4.79 Å². The Morgan fingerprint density at radius 3 is 2.38 bits per heavy atom. The first-order chi connectivity index (χ1) is 15.6. The van der Waals surface area contributed by atoms with Gasteiger partial charge in [0, 0.05) is 38.3 Å². The number of anilines is 1. The van der Waals surface area contributed by atoms with E-state index in [1.165, 1.54) is 0 Å². The molecule has 2 aromatic carbocycles. The van der Waals surface area contributed by atoms with Gasteiger partial charge in [0.05, 0.1) is 7.11 Å². The Labute approximate surface area is 187 Å². The number of hydrogen-bond donors (Lipinski definition) is 0. The highest BCUT2D eigenvalue weighted by molar-refractivity contribution is 5.78. The molecular weight excluding hydrogens is 408 g/mol. The maximum absolute atomic E-state index is 12.6. The normalized spacial score (nSPS) is 13.6. The third-order valence-corrected chi connectivity index (χ3v) is 5.13. The van der Waals surface area contributed by atoms with Gasteiger partial charge in [-0.1, -0.05) is 24.3 Å². The largest absolute Gasteiger partial charge is 0.497 e. The average Bonchev–Trinajstić information content (AvgIpc) is 2.83. The molecule has 8 heteroatoms. The van der Waals surface area contributed by atoms with Crippen LogP contribution in [0, 0.1) is 6.92 Å². The Balaban J connectivity index is 1.32. The van der Waals surface area contributed by atoms with E-state index in [0.29, 0.717) is 49.4 Å². The minimum absolute atomic E-state index is 0.00511. The molecule has 3 aromatic rings. The van der Waals surface area contributed by atoms with Crippen molar-refractivity contribution in [3.8, 4) is 23.1 Å². The van der Waals surface area contributed by atoms with Gasteiger partial charge in [0.15, 0.2) is 6.61 Å².